The molecule has 0 fully saturated rings. The van der Waals surface area contributed by atoms with Crippen LogP contribution in [0.15, 0.2) is 91.0 Å². The predicted octanol–water partition coefficient (Wildman–Crippen LogP) is 8.89. The van der Waals surface area contributed by atoms with Gasteiger partial charge in [0.2, 0.25) is 0 Å². The lowest BCUT2D eigenvalue weighted by molar-refractivity contribution is 0.305. The van der Waals surface area contributed by atoms with Crippen molar-refractivity contribution >= 4 is 5.69 Å². The van der Waals surface area contributed by atoms with E-state index < -0.39 is 0 Å². The molecule has 0 atom stereocenters. The molecule has 0 radical (unpaired) electrons. The van der Waals surface area contributed by atoms with Crippen molar-refractivity contribution in [1.29, 1.82) is 0 Å². The van der Waals surface area contributed by atoms with Crippen LogP contribution in [0.3, 0.4) is 0 Å². The van der Waals surface area contributed by atoms with Crippen LogP contribution < -0.4 is 9.64 Å². The standard InChI is InChI=1S/C33H38N2O/c1-4-5-6-7-8-16-23-36-33-22-15-13-20-29(33)31-25-27(28-19-12-14-21-32(28)35(2)3)24-30(34-31)26-17-10-9-11-18-26/h9-15,17-22,24-25H,4-8,16,23H2,1-3H3. The van der Waals surface area contributed by atoms with Crippen molar-refractivity contribution < 1.29 is 4.74 Å². The minimum atomic E-state index is 0.734. The SMILES string of the molecule is CCCCCCCCOc1ccccc1-c1cc(-c2ccccc2N(C)C)cc(-c2ccccc2)n1. The maximum atomic E-state index is 6.30. The van der Waals surface area contributed by atoms with Gasteiger partial charge in [0.05, 0.1) is 18.0 Å². The summed E-state index contributed by atoms with van der Waals surface area (Å²) in [6.07, 6.45) is 7.51. The number of nitrogens with zero attached hydrogens (tertiary/aromatic N) is 2. The average molecular weight is 479 g/mol. The fraction of sp³-hybridized carbons (Fsp3) is 0.303. The number of aromatic nitrogens is 1. The number of unbranched alkanes of at least 4 members (excludes halogenated alkanes) is 5. The van der Waals surface area contributed by atoms with Crippen LogP contribution in [0.25, 0.3) is 33.6 Å². The maximum absolute atomic E-state index is 6.30. The molecule has 0 saturated carbocycles. The van der Waals surface area contributed by atoms with Crippen LogP contribution in [0.5, 0.6) is 5.75 Å². The normalized spacial score (nSPS) is 10.9. The zero-order valence-electron chi connectivity index (χ0n) is 21.9. The number of anilines is 1. The molecule has 0 spiro atoms. The minimum absolute atomic E-state index is 0.734. The molecular weight excluding hydrogens is 440 g/mol. The van der Waals surface area contributed by atoms with E-state index in [-0.39, 0.29) is 0 Å². The smallest absolute Gasteiger partial charge is 0.128 e. The molecule has 4 aromatic rings. The van der Waals surface area contributed by atoms with Gasteiger partial charge in [-0.2, -0.15) is 0 Å². The molecule has 36 heavy (non-hydrogen) atoms. The summed E-state index contributed by atoms with van der Waals surface area (Å²) in [5, 5.41) is 0. The van der Waals surface area contributed by atoms with E-state index in [0.717, 1.165) is 46.9 Å². The van der Waals surface area contributed by atoms with Gasteiger partial charge in [-0.05, 0) is 42.3 Å². The van der Waals surface area contributed by atoms with Crippen LogP contribution in [0.2, 0.25) is 0 Å². The summed E-state index contributed by atoms with van der Waals surface area (Å²) in [6.45, 7) is 2.99. The van der Waals surface area contributed by atoms with Gasteiger partial charge in [-0.15, -0.1) is 0 Å². The fourth-order valence-corrected chi connectivity index (χ4v) is 4.56. The molecule has 1 aromatic heterocycles. The highest BCUT2D eigenvalue weighted by Crippen LogP contribution is 2.37. The van der Waals surface area contributed by atoms with Gasteiger partial charge in [0, 0.05) is 36.5 Å². The Kier molecular flexibility index (Phi) is 9.15. The van der Waals surface area contributed by atoms with E-state index in [1.54, 1.807) is 0 Å². The lowest BCUT2D eigenvalue weighted by atomic mass is 9.98. The zero-order valence-corrected chi connectivity index (χ0v) is 21.9. The molecule has 0 amide bonds. The van der Waals surface area contributed by atoms with E-state index in [4.69, 9.17) is 9.72 Å². The lowest BCUT2D eigenvalue weighted by Crippen LogP contribution is -2.09. The van der Waals surface area contributed by atoms with Crippen molar-refractivity contribution in [2.45, 2.75) is 45.4 Å². The Bertz CT molecular complexity index is 1230. The summed E-state index contributed by atoms with van der Waals surface area (Å²) in [7, 11) is 4.18. The largest absolute Gasteiger partial charge is 0.493 e. The molecule has 0 aliphatic carbocycles. The Morgan fingerprint density at radius 3 is 2.06 bits per heavy atom. The number of ether oxygens (including phenoxy) is 1. The summed E-state index contributed by atoms with van der Waals surface area (Å²) in [5.41, 5.74) is 7.54. The monoisotopic (exact) mass is 478 g/mol. The van der Waals surface area contributed by atoms with Gasteiger partial charge in [0.15, 0.2) is 0 Å². The van der Waals surface area contributed by atoms with Crippen molar-refractivity contribution in [2.75, 3.05) is 25.6 Å². The summed E-state index contributed by atoms with van der Waals surface area (Å²) in [4.78, 5) is 7.28. The van der Waals surface area contributed by atoms with Crippen LogP contribution in [-0.2, 0) is 0 Å². The first-order valence-corrected chi connectivity index (χ1v) is 13.2. The molecule has 0 unspecified atom stereocenters. The third-order valence-electron chi connectivity index (χ3n) is 6.51. The molecule has 3 nitrogen and oxygen atoms in total. The number of para-hydroxylation sites is 2. The van der Waals surface area contributed by atoms with Crippen LogP contribution in [0.1, 0.15) is 45.4 Å². The second kappa shape index (κ2) is 12.9. The van der Waals surface area contributed by atoms with Crippen molar-refractivity contribution in [2.24, 2.45) is 0 Å². The number of rotatable bonds is 12. The number of hydrogen-bond acceptors (Lipinski definition) is 3. The molecule has 0 saturated heterocycles. The van der Waals surface area contributed by atoms with Crippen LogP contribution in [0.4, 0.5) is 5.69 Å². The molecular formula is C33H38N2O. The Balaban J connectivity index is 1.69. The first kappa shape index (κ1) is 25.5. The van der Waals surface area contributed by atoms with Crippen molar-refractivity contribution in [3.05, 3.63) is 91.0 Å². The number of pyridine rings is 1. The van der Waals surface area contributed by atoms with Crippen molar-refractivity contribution in [3.63, 3.8) is 0 Å². The Morgan fingerprint density at radius 1 is 0.639 bits per heavy atom. The second-order valence-electron chi connectivity index (χ2n) is 9.52. The summed E-state index contributed by atoms with van der Waals surface area (Å²) >= 11 is 0. The van der Waals surface area contributed by atoms with Gasteiger partial charge in [0.1, 0.15) is 5.75 Å². The first-order valence-electron chi connectivity index (χ1n) is 13.2. The van der Waals surface area contributed by atoms with Crippen molar-refractivity contribution in [1.82, 2.24) is 4.98 Å². The zero-order chi connectivity index (χ0) is 25.2. The Labute approximate surface area is 216 Å². The van der Waals surface area contributed by atoms with E-state index >= 15 is 0 Å². The first-order chi connectivity index (χ1) is 17.7. The predicted molar refractivity (Wildman–Crippen MR) is 154 cm³/mol. The van der Waals surface area contributed by atoms with Gasteiger partial charge < -0.3 is 9.64 Å². The van der Waals surface area contributed by atoms with Gasteiger partial charge in [0.25, 0.3) is 0 Å². The lowest BCUT2D eigenvalue weighted by Gasteiger charge is -2.19. The Hall–Kier alpha value is -3.59. The maximum Gasteiger partial charge on any atom is 0.128 e. The van der Waals surface area contributed by atoms with Gasteiger partial charge >= 0.3 is 0 Å². The third kappa shape index (κ3) is 6.54. The Morgan fingerprint density at radius 2 is 1.28 bits per heavy atom. The van der Waals surface area contributed by atoms with Gasteiger partial charge in [-0.1, -0.05) is 99.7 Å². The van der Waals surface area contributed by atoms with Crippen molar-refractivity contribution in [3.8, 4) is 39.4 Å². The van der Waals surface area contributed by atoms with Crippen LogP contribution >= 0.6 is 0 Å². The summed E-state index contributed by atoms with van der Waals surface area (Å²) < 4.78 is 6.30. The average Bonchev–Trinajstić information content (AvgIpc) is 2.93. The molecule has 0 aliphatic heterocycles. The second-order valence-corrected chi connectivity index (χ2v) is 9.52. The molecule has 3 heteroatoms. The molecule has 0 aliphatic rings. The minimum Gasteiger partial charge on any atom is -0.493 e. The van der Waals surface area contributed by atoms with Crippen LogP contribution in [-0.4, -0.2) is 25.7 Å². The number of hydrogen-bond donors (Lipinski definition) is 0. The highest BCUT2D eigenvalue weighted by Gasteiger charge is 2.14. The molecule has 1 heterocycles. The van der Waals surface area contributed by atoms with E-state index in [9.17, 15) is 0 Å². The molecule has 4 rings (SSSR count). The van der Waals surface area contributed by atoms with Gasteiger partial charge in [-0.25, -0.2) is 4.98 Å². The van der Waals surface area contributed by atoms with E-state index in [1.165, 1.54) is 43.4 Å². The highest BCUT2D eigenvalue weighted by molar-refractivity contribution is 5.84. The van der Waals surface area contributed by atoms with E-state index in [1.807, 2.05) is 12.1 Å². The number of benzene rings is 3. The third-order valence-corrected chi connectivity index (χ3v) is 6.51. The van der Waals surface area contributed by atoms with E-state index in [0.29, 0.717) is 0 Å². The topological polar surface area (TPSA) is 25.4 Å². The quantitative estimate of drug-likeness (QED) is 0.190. The highest BCUT2D eigenvalue weighted by atomic mass is 16.5. The fourth-order valence-electron chi connectivity index (χ4n) is 4.56. The molecule has 0 bridgehead atoms. The molecule has 3 aromatic carbocycles. The molecule has 0 N–H and O–H groups in total. The summed E-state index contributed by atoms with van der Waals surface area (Å²) in [6, 6.07) is 31.6. The van der Waals surface area contributed by atoms with E-state index in [2.05, 4.69) is 105 Å². The molecule has 186 valence electrons. The van der Waals surface area contributed by atoms with Crippen LogP contribution in [0, 0.1) is 0 Å². The summed E-state index contributed by atoms with van der Waals surface area (Å²) in [5.74, 6) is 0.899. The van der Waals surface area contributed by atoms with Gasteiger partial charge in [-0.3, -0.25) is 0 Å².